The Morgan fingerprint density at radius 1 is 1.08 bits per heavy atom. The molecule has 0 aromatic carbocycles. The second kappa shape index (κ2) is 4.56. The molecule has 0 N–H and O–H groups in total. The minimum absolute atomic E-state index is 0.320. The van der Waals surface area contributed by atoms with Crippen molar-refractivity contribution in [2.45, 2.75) is 10.2 Å². The van der Waals surface area contributed by atoms with Gasteiger partial charge in [0.05, 0.1) is 0 Å². The molecule has 1 aromatic heterocycles. The quantitative estimate of drug-likeness (QED) is 0.451. The minimum Gasteiger partial charge on any atom is -0.214 e. The van der Waals surface area contributed by atoms with Crippen LogP contribution >= 0.6 is 46.7 Å². The van der Waals surface area contributed by atoms with E-state index < -0.39 is 0 Å². The van der Waals surface area contributed by atoms with Crippen LogP contribution in [0.25, 0.3) is 0 Å². The first-order valence-electron chi connectivity index (χ1n) is 3.00. The fourth-order valence-corrected chi connectivity index (χ4v) is 2.08. The van der Waals surface area contributed by atoms with E-state index in [-0.39, 0.29) is 0 Å². The number of hydrogen-bond donors (Lipinski definition) is 0. The molecule has 0 aliphatic carbocycles. The molecule has 0 atom stereocenters. The number of aromatic nitrogens is 2. The van der Waals surface area contributed by atoms with Gasteiger partial charge in [0.1, 0.15) is 10.0 Å². The van der Waals surface area contributed by atoms with Gasteiger partial charge in [0.25, 0.3) is 0 Å². The number of nitrogens with zero attached hydrogens (tertiary/aromatic N) is 2. The van der Waals surface area contributed by atoms with E-state index in [0.717, 1.165) is 5.03 Å². The molecule has 0 amide bonds. The highest BCUT2D eigenvalue weighted by Crippen LogP contribution is 2.30. The molecule has 1 aromatic rings. The van der Waals surface area contributed by atoms with Gasteiger partial charge in [-0.05, 0) is 12.5 Å². The van der Waals surface area contributed by atoms with Gasteiger partial charge in [0, 0.05) is 0 Å². The van der Waals surface area contributed by atoms with E-state index in [1.54, 1.807) is 0 Å². The Bertz CT molecular complexity index is 293. The summed E-state index contributed by atoms with van der Waals surface area (Å²) in [6, 6.07) is 0. The molecule has 0 spiro atoms. The molecular formula is C6H6Cl2N2S2. The Morgan fingerprint density at radius 2 is 1.75 bits per heavy atom. The molecule has 12 heavy (non-hydrogen) atoms. The van der Waals surface area contributed by atoms with Crippen LogP contribution in [0, 0.1) is 0 Å². The first-order chi connectivity index (χ1) is 5.69. The lowest BCUT2D eigenvalue weighted by Gasteiger charge is -2.02. The molecule has 0 unspecified atom stereocenters. The van der Waals surface area contributed by atoms with Crippen molar-refractivity contribution in [3.63, 3.8) is 0 Å². The lowest BCUT2D eigenvalue weighted by atomic mass is 10.7. The van der Waals surface area contributed by atoms with E-state index in [1.165, 1.54) is 23.5 Å². The van der Waals surface area contributed by atoms with E-state index >= 15 is 0 Å². The van der Waals surface area contributed by atoms with Crippen molar-refractivity contribution in [1.82, 2.24) is 9.97 Å². The van der Waals surface area contributed by atoms with Crippen LogP contribution in [0.4, 0.5) is 0 Å². The zero-order valence-electron chi connectivity index (χ0n) is 6.47. The summed E-state index contributed by atoms with van der Waals surface area (Å²) in [6.07, 6.45) is 3.79. The summed E-state index contributed by atoms with van der Waals surface area (Å²) in [7, 11) is 0. The minimum atomic E-state index is 0.320. The van der Waals surface area contributed by atoms with Crippen LogP contribution in [0.1, 0.15) is 0 Å². The Kier molecular flexibility index (Phi) is 3.96. The number of rotatable bonds is 2. The number of thioether (sulfide) groups is 2. The third kappa shape index (κ3) is 2.19. The van der Waals surface area contributed by atoms with E-state index in [0.29, 0.717) is 15.3 Å². The van der Waals surface area contributed by atoms with Crippen molar-refractivity contribution in [1.29, 1.82) is 0 Å². The number of halogens is 2. The normalized spacial score (nSPS) is 10.3. The monoisotopic (exact) mass is 240 g/mol. The van der Waals surface area contributed by atoms with Gasteiger partial charge in [0.2, 0.25) is 0 Å². The van der Waals surface area contributed by atoms with E-state index in [2.05, 4.69) is 9.97 Å². The van der Waals surface area contributed by atoms with Crippen molar-refractivity contribution in [3.8, 4) is 0 Å². The van der Waals surface area contributed by atoms with E-state index in [4.69, 9.17) is 23.2 Å². The summed E-state index contributed by atoms with van der Waals surface area (Å²) >= 11 is 14.5. The van der Waals surface area contributed by atoms with Gasteiger partial charge in [-0.3, -0.25) is 0 Å². The topological polar surface area (TPSA) is 25.8 Å². The molecule has 2 nitrogen and oxygen atoms in total. The van der Waals surface area contributed by atoms with Crippen molar-refractivity contribution in [2.75, 3.05) is 12.5 Å². The van der Waals surface area contributed by atoms with Crippen molar-refractivity contribution in [2.24, 2.45) is 0 Å². The summed E-state index contributed by atoms with van der Waals surface area (Å²) in [4.78, 5) is 8.14. The summed E-state index contributed by atoms with van der Waals surface area (Å²) in [5, 5.41) is 2.12. The van der Waals surface area contributed by atoms with Crippen LogP contribution in [0.3, 0.4) is 0 Å². The van der Waals surface area contributed by atoms with Crippen molar-refractivity contribution in [3.05, 3.63) is 10.2 Å². The van der Waals surface area contributed by atoms with E-state index in [1.807, 2.05) is 12.5 Å². The van der Waals surface area contributed by atoms with Crippen molar-refractivity contribution >= 4 is 46.7 Å². The molecule has 0 fully saturated rings. The molecule has 0 aliphatic heterocycles. The maximum atomic E-state index is 5.84. The second-order valence-electron chi connectivity index (χ2n) is 1.82. The maximum absolute atomic E-state index is 5.84. The molecule has 0 aliphatic rings. The van der Waals surface area contributed by atoms with Crippen LogP contribution in [0.2, 0.25) is 10.2 Å². The average molecular weight is 241 g/mol. The summed E-state index contributed by atoms with van der Waals surface area (Å²) in [5.74, 6) is 0. The highest BCUT2D eigenvalue weighted by molar-refractivity contribution is 7.99. The molecule has 0 saturated heterocycles. The molecule has 6 heteroatoms. The zero-order chi connectivity index (χ0) is 9.14. The van der Waals surface area contributed by atoms with E-state index in [9.17, 15) is 0 Å². The SMILES string of the molecule is CSc1nc(Cl)c(Cl)c(SC)n1. The smallest absolute Gasteiger partial charge is 0.189 e. The predicted octanol–water partition coefficient (Wildman–Crippen LogP) is 3.23. The Morgan fingerprint density at radius 3 is 2.25 bits per heavy atom. The second-order valence-corrected chi connectivity index (χ2v) is 4.13. The average Bonchev–Trinajstić information content (AvgIpc) is 2.09. The van der Waals surface area contributed by atoms with Crippen LogP contribution < -0.4 is 0 Å². The zero-order valence-corrected chi connectivity index (χ0v) is 9.61. The van der Waals surface area contributed by atoms with Crippen LogP contribution in [-0.4, -0.2) is 22.5 Å². The fraction of sp³-hybridized carbons (Fsp3) is 0.333. The van der Waals surface area contributed by atoms with Crippen LogP contribution in [0.5, 0.6) is 0 Å². The van der Waals surface area contributed by atoms with Gasteiger partial charge in [-0.15, -0.1) is 11.8 Å². The molecule has 66 valence electrons. The third-order valence-electron chi connectivity index (χ3n) is 1.14. The summed E-state index contributed by atoms with van der Waals surface area (Å²) in [6.45, 7) is 0. The highest BCUT2D eigenvalue weighted by atomic mass is 35.5. The van der Waals surface area contributed by atoms with Gasteiger partial charge in [-0.1, -0.05) is 35.0 Å². The fourth-order valence-electron chi connectivity index (χ4n) is 0.609. The first kappa shape index (κ1) is 10.4. The molecule has 0 bridgehead atoms. The standard InChI is InChI=1S/C6H6Cl2N2S2/c1-11-5-3(7)4(8)9-6(10-5)12-2/h1-2H3. The Balaban J connectivity index is 3.19. The summed E-state index contributed by atoms with van der Waals surface area (Å²) in [5.41, 5.74) is 0. The van der Waals surface area contributed by atoms with Crippen LogP contribution in [0.15, 0.2) is 10.2 Å². The van der Waals surface area contributed by atoms with Gasteiger partial charge in [-0.25, -0.2) is 9.97 Å². The lowest BCUT2D eigenvalue weighted by molar-refractivity contribution is 0.896. The maximum Gasteiger partial charge on any atom is 0.189 e. The van der Waals surface area contributed by atoms with Gasteiger partial charge >= 0.3 is 0 Å². The predicted molar refractivity (Wildman–Crippen MR) is 55.6 cm³/mol. The Labute approximate surface area is 89.5 Å². The lowest BCUT2D eigenvalue weighted by Crippen LogP contribution is -1.90. The van der Waals surface area contributed by atoms with Crippen molar-refractivity contribution < 1.29 is 0 Å². The highest BCUT2D eigenvalue weighted by Gasteiger charge is 2.09. The first-order valence-corrected chi connectivity index (χ1v) is 6.20. The molecular weight excluding hydrogens is 235 g/mol. The molecule has 0 radical (unpaired) electrons. The van der Waals surface area contributed by atoms with Crippen LogP contribution in [-0.2, 0) is 0 Å². The molecule has 0 saturated carbocycles. The largest absolute Gasteiger partial charge is 0.214 e. The van der Waals surface area contributed by atoms with Gasteiger partial charge < -0.3 is 0 Å². The molecule has 1 rings (SSSR count). The van der Waals surface area contributed by atoms with Gasteiger partial charge in [-0.2, -0.15) is 0 Å². The number of hydrogen-bond acceptors (Lipinski definition) is 4. The molecule has 1 heterocycles. The van der Waals surface area contributed by atoms with Gasteiger partial charge in [0.15, 0.2) is 10.3 Å². The summed E-state index contributed by atoms with van der Waals surface area (Å²) < 4.78 is 0. The Hall–Kier alpha value is 0.360. The third-order valence-corrected chi connectivity index (χ3v) is 3.21.